The van der Waals surface area contributed by atoms with Crippen LogP contribution in [0.25, 0.3) is 0 Å². The van der Waals surface area contributed by atoms with E-state index in [1.54, 1.807) is 0 Å². The van der Waals surface area contributed by atoms with Gasteiger partial charge in [0.25, 0.3) is 0 Å². The van der Waals surface area contributed by atoms with Crippen LogP contribution in [0, 0.1) is 0 Å². The van der Waals surface area contributed by atoms with E-state index in [1.807, 2.05) is 17.9 Å². The topological polar surface area (TPSA) is 71.9 Å². The van der Waals surface area contributed by atoms with Gasteiger partial charge in [-0.25, -0.2) is 4.98 Å². The van der Waals surface area contributed by atoms with Crippen molar-refractivity contribution in [3.05, 3.63) is 29.6 Å². The van der Waals surface area contributed by atoms with E-state index in [0.717, 1.165) is 57.2 Å². The number of nitrogens with one attached hydrogen (secondary N) is 1. The number of hydrogen-bond donors (Lipinski definition) is 1. The summed E-state index contributed by atoms with van der Waals surface area (Å²) >= 11 is 0. The molecule has 120 valence electrons. The maximum absolute atomic E-state index is 5.82. The van der Waals surface area contributed by atoms with Crippen LogP contribution < -0.4 is 0 Å². The zero-order valence-corrected chi connectivity index (χ0v) is 13.3. The Morgan fingerprint density at radius 1 is 1.45 bits per heavy atom. The highest BCUT2D eigenvalue weighted by molar-refractivity contribution is 5.03. The summed E-state index contributed by atoms with van der Waals surface area (Å²) in [7, 11) is 1.96. The van der Waals surface area contributed by atoms with Crippen molar-refractivity contribution in [3.63, 3.8) is 0 Å². The minimum Gasteiger partial charge on any atom is -0.367 e. The van der Waals surface area contributed by atoms with Crippen LogP contribution in [0.1, 0.15) is 36.7 Å². The normalized spacial score (nSPS) is 19.6. The first-order valence-corrected chi connectivity index (χ1v) is 7.97. The summed E-state index contributed by atoms with van der Waals surface area (Å²) in [4.78, 5) is 6.93. The summed E-state index contributed by atoms with van der Waals surface area (Å²) in [6.45, 7) is 5.73. The van der Waals surface area contributed by atoms with E-state index in [1.165, 1.54) is 5.56 Å². The molecule has 0 spiro atoms. The number of rotatable bonds is 6. The molecule has 3 rings (SSSR count). The molecule has 0 bridgehead atoms. The number of H-pyrrole nitrogens is 1. The first-order valence-electron chi connectivity index (χ1n) is 7.97. The van der Waals surface area contributed by atoms with Gasteiger partial charge in [0.1, 0.15) is 11.9 Å². The minimum atomic E-state index is -0.0105. The van der Waals surface area contributed by atoms with E-state index < -0.39 is 0 Å². The molecule has 1 aliphatic heterocycles. The predicted octanol–water partition coefficient (Wildman–Crippen LogP) is 1.11. The fourth-order valence-electron chi connectivity index (χ4n) is 2.78. The first kappa shape index (κ1) is 15.2. The molecule has 3 heterocycles. The Balaban J connectivity index is 1.48. The minimum absolute atomic E-state index is 0.0105. The second-order valence-electron chi connectivity index (χ2n) is 5.78. The van der Waals surface area contributed by atoms with Crippen molar-refractivity contribution in [1.29, 1.82) is 0 Å². The second-order valence-corrected chi connectivity index (χ2v) is 5.78. The summed E-state index contributed by atoms with van der Waals surface area (Å²) in [5, 5.41) is 11.4. The Morgan fingerprint density at radius 3 is 3.09 bits per heavy atom. The summed E-state index contributed by atoms with van der Waals surface area (Å²) in [5.74, 6) is 1.71. The van der Waals surface area contributed by atoms with Crippen molar-refractivity contribution in [2.45, 2.75) is 32.3 Å². The number of hydrogen-bond acceptors (Lipinski definition) is 5. The lowest BCUT2D eigenvalue weighted by atomic mass is 10.2. The van der Waals surface area contributed by atoms with Crippen molar-refractivity contribution in [1.82, 2.24) is 29.9 Å². The summed E-state index contributed by atoms with van der Waals surface area (Å²) in [6.07, 6.45) is 7.09. The van der Waals surface area contributed by atoms with E-state index in [0.29, 0.717) is 0 Å². The Morgan fingerprint density at radius 2 is 2.36 bits per heavy atom. The molecule has 1 aliphatic rings. The molecule has 7 heteroatoms. The van der Waals surface area contributed by atoms with Gasteiger partial charge in [0.05, 0.1) is 12.8 Å². The Hall–Kier alpha value is -1.73. The number of aryl methyl sites for hydroxylation is 3. The highest BCUT2D eigenvalue weighted by atomic mass is 16.5. The van der Waals surface area contributed by atoms with E-state index in [9.17, 15) is 0 Å². The molecule has 1 saturated heterocycles. The van der Waals surface area contributed by atoms with Crippen molar-refractivity contribution in [2.75, 3.05) is 26.2 Å². The van der Waals surface area contributed by atoms with Gasteiger partial charge in [0.15, 0.2) is 5.82 Å². The van der Waals surface area contributed by atoms with Gasteiger partial charge in [-0.3, -0.25) is 14.7 Å². The number of aromatic nitrogens is 5. The van der Waals surface area contributed by atoms with Gasteiger partial charge in [-0.05, 0) is 24.9 Å². The van der Waals surface area contributed by atoms with E-state index in [4.69, 9.17) is 4.74 Å². The third-order valence-corrected chi connectivity index (χ3v) is 4.02. The van der Waals surface area contributed by atoms with E-state index in [2.05, 4.69) is 38.3 Å². The number of aromatic amines is 1. The molecule has 0 saturated carbocycles. The SMILES string of the molecule is CCc1nc([C@H]2CN(CCCc3cnn(C)c3)CCO2)n[nH]1. The van der Waals surface area contributed by atoms with E-state index >= 15 is 0 Å². The molecule has 0 radical (unpaired) electrons. The molecule has 0 aromatic carbocycles. The van der Waals surface area contributed by atoms with Gasteiger partial charge < -0.3 is 4.74 Å². The molecule has 22 heavy (non-hydrogen) atoms. The third kappa shape index (κ3) is 3.72. The lowest BCUT2D eigenvalue weighted by molar-refractivity contribution is -0.0343. The zero-order chi connectivity index (χ0) is 15.4. The van der Waals surface area contributed by atoms with Crippen LogP contribution in [-0.4, -0.2) is 56.1 Å². The molecule has 1 N–H and O–H groups in total. The van der Waals surface area contributed by atoms with Crippen LogP contribution >= 0.6 is 0 Å². The summed E-state index contributed by atoms with van der Waals surface area (Å²) in [6, 6.07) is 0. The van der Waals surface area contributed by atoms with Crippen LogP contribution in [-0.2, 0) is 24.6 Å². The van der Waals surface area contributed by atoms with Crippen LogP contribution in [0.15, 0.2) is 12.4 Å². The quantitative estimate of drug-likeness (QED) is 0.865. The van der Waals surface area contributed by atoms with Gasteiger partial charge in [0.2, 0.25) is 0 Å². The molecule has 0 aliphatic carbocycles. The van der Waals surface area contributed by atoms with Gasteiger partial charge in [-0.2, -0.15) is 10.2 Å². The number of morpholine rings is 1. The fraction of sp³-hybridized carbons (Fsp3) is 0.667. The van der Waals surface area contributed by atoms with Crippen LogP contribution in [0.5, 0.6) is 0 Å². The van der Waals surface area contributed by atoms with Crippen molar-refractivity contribution >= 4 is 0 Å². The van der Waals surface area contributed by atoms with Crippen molar-refractivity contribution in [2.24, 2.45) is 7.05 Å². The Bertz CT molecular complexity index is 592. The monoisotopic (exact) mass is 304 g/mol. The fourth-order valence-corrected chi connectivity index (χ4v) is 2.78. The summed E-state index contributed by atoms with van der Waals surface area (Å²) in [5.41, 5.74) is 1.30. The Kier molecular flexibility index (Phi) is 4.84. The average molecular weight is 304 g/mol. The molecule has 7 nitrogen and oxygen atoms in total. The van der Waals surface area contributed by atoms with Crippen molar-refractivity contribution < 1.29 is 4.74 Å². The maximum Gasteiger partial charge on any atom is 0.180 e. The summed E-state index contributed by atoms with van der Waals surface area (Å²) < 4.78 is 7.68. The molecule has 0 unspecified atom stereocenters. The van der Waals surface area contributed by atoms with Crippen LogP contribution in [0.3, 0.4) is 0 Å². The van der Waals surface area contributed by atoms with Gasteiger partial charge >= 0.3 is 0 Å². The van der Waals surface area contributed by atoms with E-state index in [-0.39, 0.29) is 6.10 Å². The standard InChI is InChI=1S/C15H24N6O/c1-3-14-17-15(19-18-14)13-11-21(7-8-22-13)6-4-5-12-9-16-20(2)10-12/h9-10,13H,3-8,11H2,1-2H3,(H,17,18,19)/t13-/m1/s1. The predicted molar refractivity (Wildman–Crippen MR) is 82.4 cm³/mol. The number of nitrogens with zero attached hydrogens (tertiary/aromatic N) is 5. The maximum atomic E-state index is 5.82. The zero-order valence-electron chi connectivity index (χ0n) is 13.3. The molecule has 1 atom stereocenters. The highest BCUT2D eigenvalue weighted by Gasteiger charge is 2.24. The first-order chi connectivity index (χ1) is 10.7. The molecular weight excluding hydrogens is 280 g/mol. The molecule has 1 fully saturated rings. The lowest BCUT2D eigenvalue weighted by Gasteiger charge is -2.31. The second kappa shape index (κ2) is 7.02. The average Bonchev–Trinajstić information content (AvgIpc) is 3.16. The molecule has 2 aromatic rings. The van der Waals surface area contributed by atoms with Crippen molar-refractivity contribution in [3.8, 4) is 0 Å². The largest absolute Gasteiger partial charge is 0.367 e. The number of ether oxygens (including phenoxy) is 1. The van der Waals surface area contributed by atoms with Gasteiger partial charge in [0, 0.05) is 32.8 Å². The van der Waals surface area contributed by atoms with Crippen LogP contribution in [0.2, 0.25) is 0 Å². The smallest absolute Gasteiger partial charge is 0.180 e. The lowest BCUT2D eigenvalue weighted by Crippen LogP contribution is -2.39. The molecule has 2 aromatic heterocycles. The molecule has 0 amide bonds. The van der Waals surface area contributed by atoms with Gasteiger partial charge in [-0.1, -0.05) is 6.92 Å². The third-order valence-electron chi connectivity index (χ3n) is 4.02. The highest BCUT2D eigenvalue weighted by Crippen LogP contribution is 2.19. The van der Waals surface area contributed by atoms with Crippen LogP contribution in [0.4, 0.5) is 0 Å². The Labute approximate surface area is 130 Å². The van der Waals surface area contributed by atoms with Gasteiger partial charge in [-0.15, -0.1) is 0 Å². The molecular formula is C15H24N6O.